The average Bonchev–Trinajstić information content (AvgIpc) is 2.35. The van der Waals surface area contributed by atoms with E-state index >= 15 is 0 Å². The van der Waals surface area contributed by atoms with Crippen molar-refractivity contribution in [2.45, 2.75) is 45.6 Å². The molecule has 1 aromatic rings. The molecule has 0 aromatic heterocycles. The Labute approximate surface area is 133 Å². The summed E-state index contributed by atoms with van der Waals surface area (Å²) >= 11 is 4.92. The molecule has 0 saturated heterocycles. The fourth-order valence-corrected chi connectivity index (χ4v) is 3.88. The van der Waals surface area contributed by atoms with E-state index in [1.807, 2.05) is 27.7 Å². The Balaban J connectivity index is 3.29. The van der Waals surface area contributed by atoms with Crippen LogP contribution in [0.1, 0.15) is 38.8 Å². The number of hydrogen-bond acceptors (Lipinski definition) is 3. The molecule has 6 heteroatoms. The van der Waals surface area contributed by atoms with Crippen LogP contribution in [-0.4, -0.2) is 30.8 Å². The Hall–Kier alpha value is -0.980. The van der Waals surface area contributed by atoms with Crippen molar-refractivity contribution in [3.05, 3.63) is 29.3 Å². The molecule has 1 rings (SSSR count). The van der Waals surface area contributed by atoms with E-state index < -0.39 is 10.0 Å². The minimum atomic E-state index is -3.55. The van der Waals surface area contributed by atoms with Crippen LogP contribution in [0.15, 0.2) is 23.1 Å². The van der Waals surface area contributed by atoms with Crippen molar-refractivity contribution in [1.29, 1.82) is 0 Å². The minimum absolute atomic E-state index is 0.128. The van der Waals surface area contributed by atoms with Crippen LogP contribution in [0.2, 0.25) is 0 Å². The molecule has 118 valence electrons. The number of nitrogens with two attached hydrogens (primary N) is 1. The highest BCUT2D eigenvalue weighted by atomic mass is 32.2. The summed E-state index contributed by atoms with van der Waals surface area (Å²) in [6.07, 6.45) is 0. The second-order valence-corrected chi connectivity index (χ2v) is 8.81. The first-order valence-corrected chi connectivity index (χ1v) is 8.62. The largest absolute Gasteiger partial charge is 0.389 e. The van der Waals surface area contributed by atoms with Crippen molar-refractivity contribution in [1.82, 2.24) is 4.31 Å². The number of thiocarbonyl (C=S) groups is 1. The number of aryl methyl sites for hydroxylation is 1. The zero-order chi connectivity index (χ0) is 16.6. The van der Waals surface area contributed by atoms with Crippen molar-refractivity contribution in [3.63, 3.8) is 0 Å². The summed E-state index contributed by atoms with van der Waals surface area (Å²) in [5.41, 5.74) is 6.75. The normalized spacial score (nSPS) is 14.2. The molecule has 4 nitrogen and oxygen atoms in total. The second-order valence-electron chi connectivity index (χ2n) is 6.41. The maximum Gasteiger partial charge on any atom is 0.243 e. The number of nitrogens with zero attached hydrogens (tertiary/aromatic N) is 1. The standard InChI is InChI=1S/C15H24N2O2S2/c1-10-9-12(14(16)20)7-8-13(10)21(18,19)17(6)11(2)15(3,4)5/h7-9,11H,1-6H3,(H2,16,20). The number of hydrogen-bond donors (Lipinski definition) is 1. The van der Waals surface area contributed by atoms with Crippen LogP contribution in [-0.2, 0) is 10.0 Å². The predicted molar refractivity (Wildman–Crippen MR) is 90.9 cm³/mol. The highest BCUT2D eigenvalue weighted by Gasteiger charge is 2.33. The molecular formula is C15H24N2O2S2. The first-order chi connectivity index (χ1) is 9.39. The Morgan fingerprint density at radius 1 is 1.33 bits per heavy atom. The zero-order valence-electron chi connectivity index (χ0n) is 13.5. The van der Waals surface area contributed by atoms with E-state index in [2.05, 4.69) is 0 Å². The number of sulfonamides is 1. The van der Waals surface area contributed by atoms with Crippen LogP contribution in [0.25, 0.3) is 0 Å². The van der Waals surface area contributed by atoms with Gasteiger partial charge in [-0.25, -0.2) is 8.42 Å². The Bertz CT molecular complexity index is 646. The summed E-state index contributed by atoms with van der Waals surface area (Å²) in [7, 11) is -1.93. The molecule has 21 heavy (non-hydrogen) atoms. The predicted octanol–water partition coefficient (Wildman–Crippen LogP) is 2.68. The van der Waals surface area contributed by atoms with Crippen molar-refractivity contribution < 1.29 is 8.42 Å². The Kier molecular flexibility index (Phi) is 5.18. The van der Waals surface area contributed by atoms with Crippen LogP contribution in [0.5, 0.6) is 0 Å². The van der Waals surface area contributed by atoms with Gasteiger partial charge in [0.05, 0.1) is 4.90 Å². The van der Waals surface area contributed by atoms with E-state index in [4.69, 9.17) is 18.0 Å². The van der Waals surface area contributed by atoms with Gasteiger partial charge in [-0.1, -0.05) is 39.1 Å². The maximum atomic E-state index is 12.8. The first-order valence-electron chi connectivity index (χ1n) is 6.77. The first kappa shape index (κ1) is 18.1. The Morgan fingerprint density at radius 2 is 1.86 bits per heavy atom. The van der Waals surface area contributed by atoms with Gasteiger partial charge in [0.1, 0.15) is 4.99 Å². The van der Waals surface area contributed by atoms with Crippen molar-refractivity contribution in [2.75, 3.05) is 7.05 Å². The maximum absolute atomic E-state index is 12.8. The van der Waals surface area contributed by atoms with Gasteiger partial charge in [-0.05, 0) is 37.0 Å². The topological polar surface area (TPSA) is 63.4 Å². The summed E-state index contributed by atoms with van der Waals surface area (Å²) in [6.45, 7) is 9.73. The molecule has 0 radical (unpaired) electrons. The summed E-state index contributed by atoms with van der Waals surface area (Å²) in [4.78, 5) is 0.555. The fourth-order valence-electron chi connectivity index (χ4n) is 2.00. The van der Waals surface area contributed by atoms with E-state index in [9.17, 15) is 8.42 Å². The van der Waals surface area contributed by atoms with Gasteiger partial charge in [0, 0.05) is 18.7 Å². The summed E-state index contributed by atoms with van der Waals surface area (Å²) in [5.74, 6) is 0. The van der Waals surface area contributed by atoms with Gasteiger partial charge >= 0.3 is 0 Å². The third kappa shape index (κ3) is 3.81. The van der Waals surface area contributed by atoms with E-state index in [1.54, 1.807) is 32.2 Å². The van der Waals surface area contributed by atoms with E-state index in [-0.39, 0.29) is 16.4 Å². The van der Waals surface area contributed by atoms with E-state index in [1.165, 1.54) is 4.31 Å². The third-order valence-electron chi connectivity index (χ3n) is 3.92. The molecule has 0 saturated carbocycles. The van der Waals surface area contributed by atoms with Gasteiger partial charge in [0.15, 0.2) is 0 Å². The van der Waals surface area contributed by atoms with Gasteiger partial charge in [0.2, 0.25) is 10.0 Å². The highest BCUT2D eigenvalue weighted by molar-refractivity contribution is 7.89. The highest BCUT2D eigenvalue weighted by Crippen LogP contribution is 2.29. The van der Waals surface area contributed by atoms with Crippen LogP contribution < -0.4 is 5.73 Å². The van der Waals surface area contributed by atoms with Gasteiger partial charge in [-0.15, -0.1) is 0 Å². The average molecular weight is 329 g/mol. The molecule has 1 unspecified atom stereocenters. The lowest BCUT2D eigenvalue weighted by Gasteiger charge is -2.34. The van der Waals surface area contributed by atoms with Crippen molar-refractivity contribution in [2.24, 2.45) is 11.1 Å². The van der Waals surface area contributed by atoms with Crippen molar-refractivity contribution in [3.8, 4) is 0 Å². The minimum Gasteiger partial charge on any atom is -0.389 e. The zero-order valence-corrected chi connectivity index (χ0v) is 15.1. The van der Waals surface area contributed by atoms with Gasteiger partial charge in [0.25, 0.3) is 0 Å². The monoisotopic (exact) mass is 328 g/mol. The molecule has 0 heterocycles. The summed E-state index contributed by atoms with van der Waals surface area (Å²) in [5, 5.41) is 0. The number of benzene rings is 1. The molecule has 0 spiro atoms. The van der Waals surface area contributed by atoms with Crippen LogP contribution in [0.3, 0.4) is 0 Å². The lowest BCUT2D eigenvalue weighted by atomic mass is 9.88. The molecule has 2 N–H and O–H groups in total. The fraction of sp³-hybridized carbons (Fsp3) is 0.533. The smallest absolute Gasteiger partial charge is 0.243 e. The molecule has 0 aliphatic heterocycles. The molecule has 0 fully saturated rings. The third-order valence-corrected chi connectivity index (χ3v) is 6.24. The van der Waals surface area contributed by atoms with E-state index in [0.717, 1.165) is 0 Å². The molecule has 1 aromatic carbocycles. The molecule has 0 amide bonds. The summed E-state index contributed by atoms with van der Waals surface area (Å²) < 4.78 is 27.0. The van der Waals surface area contributed by atoms with Crippen LogP contribution in [0, 0.1) is 12.3 Å². The Morgan fingerprint density at radius 3 is 2.24 bits per heavy atom. The summed E-state index contributed by atoms with van der Waals surface area (Å²) in [6, 6.07) is 4.81. The second kappa shape index (κ2) is 6.02. The number of rotatable bonds is 4. The molecule has 0 bridgehead atoms. The molecular weight excluding hydrogens is 304 g/mol. The van der Waals surface area contributed by atoms with E-state index in [0.29, 0.717) is 16.0 Å². The van der Waals surface area contributed by atoms with Gasteiger partial charge < -0.3 is 5.73 Å². The molecule has 0 aliphatic rings. The van der Waals surface area contributed by atoms with Gasteiger partial charge in [-0.3, -0.25) is 0 Å². The van der Waals surface area contributed by atoms with Crippen molar-refractivity contribution >= 4 is 27.2 Å². The lowest BCUT2D eigenvalue weighted by Crippen LogP contribution is -2.43. The van der Waals surface area contributed by atoms with Gasteiger partial charge in [-0.2, -0.15) is 4.31 Å². The quantitative estimate of drug-likeness (QED) is 0.863. The molecule has 1 atom stereocenters. The molecule has 0 aliphatic carbocycles. The lowest BCUT2D eigenvalue weighted by molar-refractivity contribution is 0.216. The SMILES string of the molecule is Cc1cc(C(N)=S)ccc1S(=O)(=O)N(C)C(C)C(C)(C)C. The van der Waals surface area contributed by atoms with Crippen LogP contribution >= 0.6 is 12.2 Å². The van der Waals surface area contributed by atoms with Crippen LogP contribution in [0.4, 0.5) is 0 Å².